The number of hydrogen-bond donors (Lipinski definition) is 2. The fourth-order valence-corrected chi connectivity index (χ4v) is 2.16. The molecule has 3 N–H and O–H groups in total. The molecule has 3 nitrogen and oxygen atoms in total. The van der Waals surface area contributed by atoms with Gasteiger partial charge in [-0.25, -0.2) is 0 Å². The Bertz CT molecular complexity index is 671. The molecular formula is C14H10Cl2N2OS. The number of thiocarbonyl (C=S) groups is 1. The summed E-state index contributed by atoms with van der Waals surface area (Å²) in [4.78, 5) is 12.4. The number of anilines is 1. The van der Waals surface area contributed by atoms with Crippen molar-refractivity contribution in [3.8, 4) is 0 Å². The number of nitrogens with one attached hydrogen (secondary N) is 1. The van der Waals surface area contributed by atoms with Gasteiger partial charge in [-0.15, -0.1) is 0 Å². The van der Waals surface area contributed by atoms with E-state index < -0.39 is 0 Å². The number of rotatable bonds is 3. The van der Waals surface area contributed by atoms with E-state index in [1.807, 2.05) is 0 Å². The summed E-state index contributed by atoms with van der Waals surface area (Å²) in [5, 5.41) is 3.60. The summed E-state index contributed by atoms with van der Waals surface area (Å²) < 4.78 is 0. The third-order valence-corrected chi connectivity index (χ3v) is 3.39. The first-order valence-electron chi connectivity index (χ1n) is 5.63. The summed E-state index contributed by atoms with van der Waals surface area (Å²) in [7, 11) is 0. The van der Waals surface area contributed by atoms with Crippen molar-refractivity contribution >= 4 is 52.0 Å². The number of carbonyl (C=O) groups is 1. The second-order valence-corrected chi connectivity index (χ2v) is 5.30. The molecule has 0 aliphatic rings. The van der Waals surface area contributed by atoms with Crippen LogP contribution in [0, 0.1) is 0 Å². The Morgan fingerprint density at radius 3 is 2.20 bits per heavy atom. The molecule has 1 amide bonds. The van der Waals surface area contributed by atoms with Gasteiger partial charge in [-0.2, -0.15) is 0 Å². The Hall–Kier alpha value is -1.62. The third kappa shape index (κ3) is 3.48. The van der Waals surface area contributed by atoms with Crippen LogP contribution in [0.25, 0.3) is 0 Å². The Morgan fingerprint density at radius 1 is 1.05 bits per heavy atom. The van der Waals surface area contributed by atoms with Crippen molar-refractivity contribution < 1.29 is 4.79 Å². The van der Waals surface area contributed by atoms with E-state index in [0.717, 1.165) is 0 Å². The molecule has 6 heteroatoms. The van der Waals surface area contributed by atoms with E-state index in [-0.39, 0.29) is 10.9 Å². The standard InChI is InChI=1S/C14H10Cl2N2OS/c15-10-5-6-12(11(16)7-10)18-14(19)9-3-1-8(2-4-9)13(17)20/h1-7H,(H2,17,20)(H,18,19). The maximum Gasteiger partial charge on any atom is 0.255 e. The molecule has 0 fully saturated rings. The molecule has 2 rings (SSSR count). The number of amides is 1. The summed E-state index contributed by atoms with van der Waals surface area (Å²) >= 11 is 16.6. The highest BCUT2D eigenvalue weighted by Gasteiger charge is 2.09. The molecule has 0 aliphatic heterocycles. The molecule has 20 heavy (non-hydrogen) atoms. The minimum atomic E-state index is -0.274. The van der Waals surface area contributed by atoms with E-state index in [2.05, 4.69) is 5.32 Å². The highest BCUT2D eigenvalue weighted by Crippen LogP contribution is 2.25. The van der Waals surface area contributed by atoms with Crippen LogP contribution in [0.4, 0.5) is 5.69 Å². The molecule has 2 aromatic carbocycles. The second-order valence-electron chi connectivity index (χ2n) is 4.02. The molecule has 0 radical (unpaired) electrons. The van der Waals surface area contributed by atoms with Crippen LogP contribution in [0.1, 0.15) is 15.9 Å². The van der Waals surface area contributed by atoms with E-state index >= 15 is 0 Å². The first-order chi connectivity index (χ1) is 9.47. The first-order valence-corrected chi connectivity index (χ1v) is 6.80. The monoisotopic (exact) mass is 324 g/mol. The number of nitrogens with two attached hydrogens (primary N) is 1. The van der Waals surface area contributed by atoms with Crippen molar-refractivity contribution in [2.75, 3.05) is 5.32 Å². The zero-order valence-corrected chi connectivity index (χ0v) is 12.5. The van der Waals surface area contributed by atoms with Crippen molar-refractivity contribution in [2.45, 2.75) is 0 Å². The summed E-state index contributed by atoms with van der Waals surface area (Å²) in [6, 6.07) is 11.5. The molecule has 0 bridgehead atoms. The van der Waals surface area contributed by atoms with Crippen LogP contribution in [0.15, 0.2) is 42.5 Å². The summed E-state index contributed by atoms with van der Waals surface area (Å²) in [6.45, 7) is 0. The number of benzene rings is 2. The van der Waals surface area contributed by atoms with Gasteiger partial charge in [0.25, 0.3) is 5.91 Å². The minimum Gasteiger partial charge on any atom is -0.389 e. The van der Waals surface area contributed by atoms with Crippen LogP contribution < -0.4 is 11.1 Å². The molecule has 0 aromatic heterocycles. The molecule has 0 heterocycles. The average Bonchev–Trinajstić information content (AvgIpc) is 2.42. The predicted molar refractivity (Wildman–Crippen MR) is 86.7 cm³/mol. The Balaban J connectivity index is 2.17. The lowest BCUT2D eigenvalue weighted by molar-refractivity contribution is 0.102. The molecule has 0 saturated heterocycles. The van der Waals surface area contributed by atoms with Gasteiger partial charge in [0.2, 0.25) is 0 Å². The third-order valence-electron chi connectivity index (χ3n) is 2.61. The topological polar surface area (TPSA) is 55.1 Å². The average molecular weight is 325 g/mol. The molecule has 0 saturated carbocycles. The van der Waals surface area contributed by atoms with E-state index in [1.54, 1.807) is 42.5 Å². The second kappa shape index (κ2) is 6.22. The van der Waals surface area contributed by atoms with Gasteiger partial charge in [0, 0.05) is 16.1 Å². The minimum absolute atomic E-state index is 0.274. The SMILES string of the molecule is NC(=S)c1ccc(C(=O)Nc2ccc(Cl)cc2Cl)cc1. The van der Waals surface area contributed by atoms with E-state index in [4.69, 9.17) is 41.2 Å². The van der Waals surface area contributed by atoms with Crippen molar-refractivity contribution in [2.24, 2.45) is 5.73 Å². The van der Waals surface area contributed by atoms with Crippen LogP contribution in [-0.2, 0) is 0 Å². The van der Waals surface area contributed by atoms with Gasteiger partial charge in [-0.05, 0) is 30.3 Å². The van der Waals surface area contributed by atoms with Gasteiger partial charge in [0.1, 0.15) is 4.99 Å². The molecule has 0 aliphatic carbocycles. The van der Waals surface area contributed by atoms with Gasteiger partial charge in [-0.1, -0.05) is 47.6 Å². The van der Waals surface area contributed by atoms with Gasteiger partial charge >= 0.3 is 0 Å². The number of halogens is 2. The molecular weight excluding hydrogens is 315 g/mol. The van der Waals surface area contributed by atoms with Crippen molar-refractivity contribution in [3.63, 3.8) is 0 Å². The maximum atomic E-state index is 12.1. The normalized spacial score (nSPS) is 10.1. The van der Waals surface area contributed by atoms with Gasteiger partial charge < -0.3 is 11.1 Å². The van der Waals surface area contributed by atoms with Gasteiger partial charge in [0.15, 0.2) is 0 Å². The quantitative estimate of drug-likeness (QED) is 0.842. The van der Waals surface area contributed by atoms with Crippen LogP contribution >= 0.6 is 35.4 Å². The lowest BCUT2D eigenvalue weighted by atomic mass is 10.1. The molecule has 0 atom stereocenters. The lowest BCUT2D eigenvalue weighted by Gasteiger charge is -2.08. The fraction of sp³-hybridized carbons (Fsp3) is 0. The van der Waals surface area contributed by atoms with Gasteiger partial charge in [-0.3, -0.25) is 4.79 Å². The zero-order chi connectivity index (χ0) is 14.7. The Kier molecular flexibility index (Phi) is 4.60. The summed E-state index contributed by atoms with van der Waals surface area (Å²) in [5.41, 5.74) is 7.19. The highest BCUT2D eigenvalue weighted by atomic mass is 35.5. The van der Waals surface area contributed by atoms with Crippen molar-refractivity contribution in [3.05, 3.63) is 63.6 Å². The maximum absolute atomic E-state index is 12.1. The molecule has 102 valence electrons. The first kappa shape index (κ1) is 14.8. The smallest absolute Gasteiger partial charge is 0.255 e. The summed E-state index contributed by atoms with van der Waals surface area (Å²) in [5.74, 6) is -0.274. The summed E-state index contributed by atoms with van der Waals surface area (Å²) in [6.07, 6.45) is 0. The predicted octanol–water partition coefficient (Wildman–Crippen LogP) is 3.88. The zero-order valence-electron chi connectivity index (χ0n) is 10.2. The molecule has 2 aromatic rings. The molecule has 0 spiro atoms. The van der Waals surface area contributed by atoms with Crippen molar-refractivity contribution in [1.82, 2.24) is 0 Å². The van der Waals surface area contributed by atoms with E-state index in [1.165, 1.54) is 0 Å². The fourth-order valence-electron chi connectivity index (χ4n) is 1.57. The lowest BCUT2D eigenvalue weighted by Crippen LogP contribution is -2.13. The Morgan fingerprint density at radius 2 is 1.65 bits per heavy atom. The van der Waals surface area contributed by atoms with Crippen LogP contribution in [0.2, 0.25) is 10.0 Å². The number of carbonyl (C=O) groups excluding carboxylic acids is 1. The van der Waals surface area contributed by atoms with E-state index in [9.17, 15) is 4.79 Å². The van der Waals surface area contributed by atoms with Crippen LogP contribution in [0.3, 0.4) is 0 Å². The van der Waals surface area contributed by atoms with E-state index in [0.29, 0.717) is 26.9 Å². The van der Waals surface area contributed by atoms with Crippen LogP contribution in [0.5, 0.6) is 0 Å². The van der Waals surface area contributed by atoms with Gasteiger partial charge in [0.05, 0.1) is 10.7 Å². The largest absolute Gasteiger partial charge is 0.389 e. The number of hydrogen-bond acceptors (Lipinski definition) is 2. The Labute approximate surface area is 131 Å². The molecule has 0 unspecified atom stereocenters. The van der Waals surface area contributed by atoms with Crippen molar-refractivity contribution in [1.29, 1.82) is 0 Å². The van der Waals surface area contributed by atoms with Crippen LogP contribution in [-0.4, -0.2) is 10.9 Å². The highest BCUT2D eigenvalue weighted by molar-refractivity contribution is 7.80.